The van der Waals surface area contributed by atoms with Gasteiger partial charge in [0.15, 0.2) is 0 Å². The highest BCUT2D eigenvalue weighted by Crippen LogP contribution is 2.16. The first-order valence-corrected chi connectivity index (χ1v) is 5.90. The van der Waals surface area contributed by atoms with Crippen molar-refractivity contribution in [2.24, 2.45) is 0 Å². The zero-order valence-corrected chi connectivity index (χ0v) is 11.3. The predicted octanol–water partition coefficient (Wildman–Crippen LogP) is 1.73. The maximum atomic E-state index is 11.5. The van der Waals surface area contributed by atoms with E-state index in [1.54, 1.807) is 25.4 Å². The molecule has 0 aliphatic rings. The van der Waals surface area contributed by atoms with Crippen LogP contribution in [0.5, 0.6) is 0 Å². The number of carbonyl (C=O) groups is 1. The zero-order valence-electron chi connectivity index (χ0n) is 11.3. The van der Waals surface area contributed by atoms with Crippen LogP contribution >= 0.6 is 0 Å². The van der Waals surface area contributed by atoms with Gasteiger partial charge >= 0.3 is 5.97 Å². The van der Waals surface area contributed by atoms with Crippen LogP contribution in [-0.4, -0.2) is 44.4 Å². The lowest BCUT2D eigenvalue weighted by Crippen LogP contribution is -2.34. The highest BCUT2D eigenvalue weighted by molar-refractivity contribution is 5.90. The molecule has 100 valence electrons. The van der Waals surface area contributed by atoms with Crippen molar-refractivity contribution in [3.63, 3.8) is 0 Å². The second-order valence-electron chi connectivity index (χ2n) is 4.17. The lowest BCUT2D eigenvalue weighted by atomic mass is 10.2. The first-order valence-electron chi connectivity index (χ1n) is 5.90. The summed E-state index contributed by atoms with van der Waals surface area (Å²) in [6.07, 6.45) is 1.61. The highest BCUT2D eigenvalue weighted by atomic mass is 16.5. The van der Waals surface area contributed by atoms with E-state index in [4.69, 9.17) is 9.47 Å². The summed E-state index contributed by atoms with van der Waals surface area (Å²) >= 11 is 0. The first-order chi connectivity index (χ1) is 8.60. The molecular formula is C13H20N2O3. The van der Waals surface area contributed by atoms with E-state index in [-0.39, 0.29) is 12.0 Å². The predicted molar refractivity (Wildman–Crippen MR) is 69.9 cm³/mol. The van der Waals surface area contributed by atoms with Gasteiger partial charge in [-0.2, -0.15) is 0 Å². The van der Waals surface area contributed by atoms with E-state index in [2.05, 4.69) is 23.7 Å². The van der Waals surface area contributed by atoms with Crippen LogP contribution in [0.4, 0.5) is 5.82 Å². The van der Waals surface area contributed by atoms with Crippen LogP contribution in [0.1, 0.15) is 24.2 Å². The third-order valence-electron chi connectivity index (χ3n) is 2.62. The van der Waals surface area contributed by atoms with Gasteiger partial charge in [0.25, 0.3) is 0 Å². The zero-order chi connectivity index (χ0) is 13.5. The molecule has 1 aromatic rings. The number of hydrogen-bond donors (Lipinski definition) is 0. The maximum Gasteiger partial charge on any atom is 0.338 e. The summed E-state index contributed by atoms with van der Waals surface area (Å²) in [7, 11) is 3.03. The monoisotopic (exact) mass is 252 g/mol. The summed E-state index contributed by atoms with van der Waals surface area (Å²) in [6.45, 7) is 5.48. The Morgan fingerprint density at radius 3 is 2.72 bits per heavy atom. The van der Waals surface area contributed by atoms with Crippen LogP contribution in [-0.2, 0) is 9.47 Å². The Bertz CT molecular complexity index is 394. The van der Waals surface area contributed by atoms with Gasteiger partial charge in [-0.1, -0.05) is 0 Å². The Balaban J connectivity index is 2.94. The van der Waals surface area contributed by atoms with Gasteiger partial charge in [0.05, 0.1) is 19.3 Å². The number of anilines is 1. The number of esters is 1. The number of hydrogen-bond acceptors (Lipinski definition) is 5. The van der Waals surface area contributed by atoms with Crippen molar-refractivity contribution in [3.05, 3.63) is 23.9 Å². The van der Waals surface area contributed by atoms with Crippen molar-refractivity contribution in [3.8, 4) is 0 Å². The van der Waals surface area contributed by atoms with Crippen LogP contribution in [0.25, 0.3) is 0 Å². The quantitative estimate of drug-likeness (QED) is 0.722. The summed E-state index contributed by atoms with van der Waals surface area (Å²) in [4.78, 5) is 17.9. The third-order valence-corrected chi connectivity index (χ3v) is 2.62. The van der Waals surface area contributed by atoms with Gasteiger partial charge in [0.2, 0.25) is 0 Å². The molecule has 0 aromatic carbocycles. The van der Waals surface area contributed by atoms with Crippen molar-refractivity contribution in [1.29, 1.82) is 0 Å². The van der Waals surface area contributed by atoms with Gasteiger partial charge in [-0.3, -0.25) is 0 Å². The van der Waals surface area contributed by atoms with Crippen molar-refractivity contribution in [2.75, 3.05) is 32.3 Å². The van der Waals surface area contributed by atoms with E-state index in [1.165, 1.54) is 7.11 Å². The van der Waals surface area contributed by atoms with Gasteiger partial charge in [-0.15, -0.1) is 0 Å². The molecule has 0 radical (unpaired) electrons. The minimum Gasteiger partial charge on any atom is -0.465 e. The molecule has 0 spiro atoms. The third kappa shape index (κ3) is 3.70. The maximum absolute atomic E-state index is 11.5. The lowest BCUT2D eigenvalue weighted by Gasteiger charge is -2.27. The van der Waals surface area contributed by atoms with Crippen LogP contribution in [0.2, 0.25) is 0 Å². The molecule has 0 atom stereocenters. The molecule has 0 saturated carbocycles. The number of carbonyl (C=O) groups excluding carboxylic acids is 1. The Kier molecular flexibility index (Phi) is 5.58. The van der Waals surface area contributed by atoms with Crippen LogP contribution < -0.4 is 4.90 Å². The molecule has 0 fully saturated rings. The molecule has 1 rings (SSSR count). The number of ether oxygens (including phenoxy) is 2. The Morgan fingerprint density at radius 2 is 2.17 bits per heavy atom. The number of pyridine rings is 1. The van der Waals surface area contributed by atoms with Crippen LogP contribution in [0.15, 0.2) is 18.3 Å². The van der Waals surface area contributed by atoms with Crippen molar-refractivity contribution >= 4 is 11.8 Å². The molecule has 0 unspecified atom stereocenters. The van der Waals surface area contributed by atoms with Gasteiger partial charge in [0, 0.05) is 25.9 Å². The first kappa shape index (κ1) is 14.4. The smallest absolute Gasteiger partial charge is 0.338 e. The molecule has 5 heteroatoms. The fraction of sp³-hybridized carbons (Fsp3) is 0.538. The molecule has 1 heterocycles. The van der Waals surface area contributed by atoms with E-state index in [0.717, 1.165) is 12.4 Å². The summed E-state index contributed by atoms with van der Waals surface area (Å²) < 4.78 is 9.78. The van der Waals surface area contributed by atoms with Crippen LogP contribution in [0.3, 0.4) is 0 Å². The van der Waals surface area contributed by atoms with Gasteiger partial charge < -0.3 is 14.4 Å². The molecule has 0 bridgehead atoms. The molecule has 5 nitrogen and oxygen atoms in total. The number of nitrogens with zero attached hydrogens (tertiary/aromatic N) is 2. The van der Waals surface area contributed by atoms with Crippen molar-refractivity contribution in [1.82, 2.24) is 4.98 Å². The van der Waals surface area contributed by atoms with Gasteiger partial charge in [0.1, 0.15) is 5.82 Å². The van der Waals surface area contributed by atoms with E-state index in [1.807, 2.05) is 0 Å². The minimum atomic E-state index is -0.353. The second kappa shape index (κ2) is 6.96. The topological polar surface area (TPSA) is 51.7 Å². The molecular weight excluding hydrogens is 232 g/mol. The molecule has 0 aliphatic carbocycles. The van der Waals surface area contributed by atoms with Gasteiger partial charge in [-0.25, -0.2) is 9.78 Å². The number of aromatic nitrogens is 1. The summed E-state index contributed by atoms with van der Waals surface area (Å²) in [5, 5.41) is 0. The second-order valence-corrected chi connectivity index (χ2v) is 4.17. The average molecular weight is 252 g/mol. The fourth-order valence-corrected chi connectivity index (χ4v) is 1.65. The summed E-state index contributed by atoms with van der Waals surface area (Å²) in [6, 6.07) is 3.66. The van der Waals surface area contributed by atoms with E-state index >= 15 is 0 Å². The fourth-order valence-electron chi connectivity index (χ4n) is 1.65. The molecule has 1 aromatic heterocycles. The van der Waals surface area contributed by atoms with E-state index < -0.39 is 0 Å². The summed E-state index contributed by atoms with van der Waals surface area (Å²) in [5.41, 5.74) is 0.505. The highest BCUT2D eigenvalue weighted by Gasteiger charge is 2.14. The van der Waals surface area contributed by atoms with E-state index in [9.17, 15) is 4.79 Å². The van der Waals surface area contributed by atoms with Gasteiger partial charge in [-0.05, 0) is 26.0 Å². The Morgan fingerprint density at radius 1 is 1.44 bits per heavy atom. The normalized spacial score (nSPS) is 10.5. The molecule has 18 heavy (non-hydrogen) atoms. The lowest BCUT2D eigenvalue weighted by molar-refractivity contribution is 0.0600. The molecule has 0 aliphatic heterocycles. The van der Waals surface area contributed by atoms with Crippen LogP contribution in [0, 0.1) is 0 Å². The molecule has 0 saturated heterocycles. The average Bonchev–Trinajstić information content (AvgIpc) is 2.38. The van der Waals surface area contributed by atoms with Crippen molar-refractivity contribution in [2.45, 2.75) is 19.9 Å². The Hall–Kier alpha value is -1.62. The number of rotatable bonds is 6. The number of methoxy groups -OCH3 is 2. The largest absolute Gasteiger partial charge is 0.465 e. The summed E-state index contributed by atoms with van der Waals surface area (Å²) in [5.74, 6) is 0.402. The minimum absolute atomic E-state index is 0.278. The standard InChI is InChI=1S/C13H20N2O3/c1-10(2)15(7-8-17-3)12-9-11(5-6-14-12)13(16)18-4/h5-6,9-10H,7-8H2,1-4H3. The van der Waals surface area contributed by atoms with E-state index in [0.29, 0.717) is 12.2 Å². The molecule has 0 amide bonds. The molecule has 0 N–H and O–H groups in total. The Labute approximate surface area is 108 Å². The van der Waals surface area contributed by atoms with Crippen molar-refractivity contribution < 1.29 is 14.3 Å². The SMILES string of the molecule is COCCN(c1cc(C(=O)OC)ccn1)C(C)C.